The van der Waals surface area contributed by atoms with Crippen molar-refractivity contribution in [1.29, 1.82) is 0 Å². The Morgan fingerprint density at radius 2 is 2.10 bits per heavy atom. The summed E-state index contributed by atoms with van der Waals surface area (Å²) >= 11 is 0. The zero-order chi connectivity index (χ0) is 14.5. The Kier molecular flexibility index (Phi) is 4.64. The smallest absolute Gasteiger partial charge is 0.223 e. The van der Waals surface area contributed by atoms with E-state index >= 15 is 0 Å². The first kappa shape index (κ1) is 14.4. The molecule has 0 radical (unpaired) electrons. The molecule has 1 aliphatic heterocycles. The van der Waals surface area contributed by atoms with Crippen molar-refractivity contribution in [2.24, 2.45) is 17.0 Å². The molecule has 0 aliphatic carbocycles. The Bertz CT molecular complexity index is 508. The normalized spacial score (nSPS) is 20.1. The van der Waals surface area contributed by atoms with Crippen molar-refractivity contribution in [3.63, 3.8) is 0 Å². The van der Waals surface area contributed by atoms with Crippen molar-refractivity contribution < 1.29 is 4.79 Å². The first-order valence-corrected chi connectivity index (χ1v) is 6.98. The van der Waals surface area contributed by atoms with Crippen LogP contribution in [0.15, 0.2) is 35.4 Å². The summed E-state index contributed by atoms with van der Waals surface area (Å²) < 4.78 is 0. The van der Waals surface area contributed by atoms with E-state index in [4.69, 9.17) is 5.53 Å². The summed E-state index contributed by atoms with van der Waals surface area (Å²) in [5.74, 6) is 0.647. The van der Waals surface area contributed by atoms with Crippen LogP contribution in [0.3, 0.4) is 0 Å². The number of likely N-dealkylation sites (tertiary alicyclic amines) is 1. The van der Waals surface area contributed by atoms with Crippen LogP contribution in [-0.2, 0) is 4.79 Å². The number of hydrogen-bond acceptors (Lipinski definition) is 2. The first-order valence-electron chi connectivity index (χ1n) is 6.98. The fourth-order valence-electron chi connectivity index (χ4n) is 2.93. The van der Waals surface area contributed by atoms with Crippen LogP contribution in [0.2, 0.25) is 0 Å². The van der Waals surface area contributed by atoms with E-state index in [2.05, 4.69) is 36.0 Å². The Morgan fingerprint density at radius 1 is 1.40 bits per heavy atom. The summed E-state index contributed by atoms with van der Waals surface area (Å²) in [5.41, 5.74) is 9.56. The molecule has 2 unspecified atom stereocenters. The molecule has 5 heteroatoms. The molecule has 0 saturated carbocycles. The van der Waals surface area contributed by atoms with Crippen molar-refractivity contribution in [3.05, 3.63) is 46.3 Å². The molecular formula is C15H20N4O. The van der Waals surface area contributed by atoms with Gasteiger partial charge in [0.2, 0.25) is 5.91 Å². The zero-order valence-electron chi connectivity index (χ0n) is 11.9. The minimum atomic E-state index is 0.0970. The highest BCUT2D eigenvalue weighted by molar-refractivity contribution is 5.79. The number of amides is 1. The van der Waals surface area contributed by atoms with E-state index < -0.39 is 0 Å². The Labute approximate surface area is 119 Å². The molecule has 1 heterocycles. The van der Waals surface area contributed by atoms with Gasteiger partial charge in [0.15, 0.2) is 0 Å². The van der Waals surface area contributed by atoms with Crippen molar-refractivity contribution in [1.82, 2.24) is 4.90 Å². The summed E-state index contributed by atoms with van der Waals surface area (Å²) in [6, 6.07) is 10.2. The maximum absolute atomic E-state index is 12.3. The van der Waals surface area contributed by atoms with Crippen molar-refractivity contribution in [2.45, 2.75) is 26.3 Å². The second-order valence-corrected chi connectivity index (χ2v) is 5.63. The molecule has 5 nitrogen and oxygen atoms in total. The fourth-order valence-corrected chi connectivity index (χ4v) is 2.93. The molecule has 1 fully saturated rings. The van der Waals surface area contributed by atoms with Crippen LogP contribution < -0.4 is 0 Å². The van der Waals surface area contributed by atoms with Gasteiger partial charge in [-0.15, -0.1) is 0 Å². The number of hydrogen-bond donors (Lipinski definition) is 0. The van der Waals surface area contributed by atoms with Crippen molar-refractivity contribution in [3.8, 4) is 0 Å². The van der Waals surface area contributed by atoms with Gasteiger partial charge < -0.3 is 4.90 Å². The molecule has 106 valence electrons. The summed E-state index contributed by atoms with van der Waals surface area (Å²) in [6.45, 7) is 5.34. The monoisotopic (exact) mass is 272 g/mol. The van der Waals surface area contributed by atoms with E-state index in [1.807, 2.05) is 23.1 Å². The van der Waals surface area contributed by atoms with Gasteiger partial charge in [0.05, 0.1) is 6.04 Å². The van der Waals surface area contributed by atoms with Gasteiger partial charge in [-0.1, -0.05) is 49.3 Å². The molecule has 20 heavy (non-hydrogen) atoms. The number of carbonyl (C=O) groups is 1. The van der Waals surface area contributed by atoms with E-state index in [9.17, 15) is 4.79 Å². The average molecular weight is 272 g/mol. The third-order valence-electron chi connectivity index (χ3n) is 3.75. The molecule has 0 N–H and O–H groups in total. The number of nitrogens with zero attached hydrogens (tertiary/aromatic N) is 4. The molecule has 1 aromatic carbocycles. The lowest BCUT2D eigenvalue weighted by molar-refractivity contribution is -0.130. The molecule has 0 spiro atoms. The van der Waals surface area contributed by atoms with Crippen LogP contribution in [0.25, 0.3) is 10.4 Å². The Morgan fingerprint density at radius 3 is 2.70 bits per heavy atom. The van der Waals surface area contributed by atoms with Crippen molar-refractivity contribution in [2.75, 3.05) is 13.1 Å². The van der Waals surface area contributed by atoms with Gasteiger partial charge in [-0.05, 0) is 22.9 Å². The Balaban J connectivity index is 2.18. The van der Waals surface area contributed by atoms with Crippen LogP contribution in [0, 0.1) is 11.8 Å². The predicted octanol–water partition coefficient (Wildman–Crippen LogP) is 3.54. The van der Waals surface area contributed by atoms with Crippen LogP contribution >= 0.6 is 0 Å². The SMILES string of the molecule is CC(C)C(c1ccccc1)N1CC(CN=[N+]=[N-])CC1=O. The zero-order valence-corrected chi connectivity index (χ0v) is 11.9. The van der Waals surface area contributed by atoms with Crippen LogP contribution in [0.5, 0.6) is 0 Å². The number of carbonyl (C=O) groups excluding carboxylic acids is 1. The van der Waals surface area contributed by atoms with Crippen LogP contribution in [0.1, 0.15) is 31.9 Å². The Hall–Kier alpha value is -2.00. The molecule has 1 saturated heterocycles. The number of rotatable bonds is 5. The van der Waals surface area contributed by atoms with Gasteiger partial charge in [-0.25, -0.2) is 0 Å². The van der Waals surface area contributed by atoms with Gasteiger partial charge in [-0.2, -0.15) is 0 Å². The number of benzene rings is 1. The molecule has 1 aromatic rings. The quantitative estimate of drug-likeness (QED) is 0.459. The fraction of sp³-hybridized carbons (Fsp3) is 0.533. The maximum Gasteiger partial charge on any atom is 0.223 e. The maximum atomic E-state index is 12.3. The topological polar surface area (TPSA) is 69.1 Å². The lowest BCUT2D eigenvalue weighted by Gasteiger charge is -2.32. The second kappa shape index (κ2) is 6.44. The second-order valence-electron chi connectivity index (χ2n) is 5.63. The molecule has 1 amide bonds. The van der Waals surface area contributed by atoms with Gasteiger partial charge in [0.25, 0.3) is 0 Å². The average Bonchev–Trinajstić information content (AvgIpc) is 2.79. The third-order valence-corrected chi connectivity index (χ3v) is 3.75. The van der Waals surface area contributed by atoms with Gasteiger partial charge in [0, 0.05) is 24.4 Å². The minimum absolute atomic E-state index is 0.0970. The summed E-state index contributed by atoms with van der Waals surface area (Å²) in [5, 5.41) is 3.60. The summed E-state index contributed by atoms with van der Waals surface area (Å²) in [4.78, 5) is 17.0. The lowest BCUT2D eigenvalue weighted by Crippen LogP contribution is -2.33. The van der Waals surface area contributed by atoms with E-state index in [1.54, 1.807) is 0 Å². The molecule has 0 aromatic heterocycles. The third kappa shape index (κ3) is 3.11. The van der Waals surface area contributed by atoms with Crippen molar-refractivity contribution >= 4 is 5.91 Å². The van der Waals surface area contributed by atoms with Gasteiger partial charge >= 0.3 is 0 Å². The standard InChI is InChI=1S/C15H20N4O/c1-11(2)15(13-6-4-3-5-7-13)19-10-12(8-14(19)20)9-17-18-16/h3-7,11-12,15H,8-10H2,1-2H3. The van der Waals surface area contributed by atoms with Crippen LogP contribution in [0.4, 0.5) is 0 Å². The highest BCUT2D eigenvalue weighted by Crippen LogP contribution is 2.33. The molecule has 0 bridgehead atoms. The van der Waals surface area contributed by atoms with E-state index in [-0.39, 0.29) is 17.9 Å². The predicted molar refractivity (Wildman–Crippen MR) is 77.9 cm³/mol. The highest BCUT2D eigenvalue weighted by Gasteiger charge is 2.35. The van der Waals surface area contributed by atoms with Gasteiger partial charge in [-0.3, -0.25) is 4.79 Å². The molecular weight excluding hydrogens is 252 g/mol. The largest absolute Gasteiger partial charge is 0.335 e. The minimum Gasteiger partial charge on any atom is -0.335 e. The van der Waals surface area contributed by atoms with Crippen LogP contribution in [-0.4, -0.2) is 23.9 Å². The molecule has 2 rings (SSSR count). The van der Waals surface area contributed by atoms with E-state index in [0.29, 0.717) is 25.4 Å². The highest BCUT2D eigenvalue weighted by atomic mass is 16.2. The summed E-state index contributed by atoms with van der Waals surface area (Å²) in [6.07, 6.45) is 0.481. The van der Waals surface area contributed by atoms with E-state index in [1.165, 1.54) is 5.56 Å². The first-order chi connectivity index (χ1) is 9.63. The molecule has 2 atom stereocenters. The lowest BCUT2D eigenvalue weighted by atomic mass is 9.94. The summed E-state index contributed by atoms with van der Waals surface area (Å²) in [7, 11) is 0. The van der Waals surface area contributed by atoms with E-state index in [0.717, 1.165) is 0 Å². The number of azide groups is 1. The van der Waals surface area contributed by atoms with Gasteiger partial charge in [0.1, 0.15) is 0 Å². The molecule has 1 aliphatic rings.